The zero-order valence-corrected chi connectivity index (χ0v) is 17.5. The highest BCUT2D eigenvalue weighted by atomic mass is 16.5. The van der Waals surface area contributed by atoms with Crippen LogP contribution in [-0.4, -0.2) is 48.7 Å². The number of amides is 1. The van der Waals surface area contributed by atoms with Gasteiger partial charge in [0.15, 0.2) is 0 Å². The first-order valence-corrected chi connectivity index (χ1v) is 10.6. The number of hydrogen-bond donors (Lipinski definition) is 2. The van der Waals surface area contributed by atoms with Crippen LogP contribution in [0.4, 0.5) is 0 Å². The Bertz CT molecular complexity index is 931. The molecule has 1 unspecified atom stereocenters. The SMILES string of the molecule is CC(NC(=O)c1ccc(C#Cc2ccc(CN3CCOCC3)cc2)cc1)C1(N)CC1. The lowest BCUT2D eigenvalue weighted by molar-refractivity contribution is 0.0342. The smallest absolute Gasteiger partial charge is 0.251 e. The highest BCUT2D eigenvalue weighted by Crippen LogP contribution is 2.35. The maximum Gasteiger partial charge on any atom is 0.251 e. The maximum absolute atomic E-state index is 12.4. The number of ether oxygens (including phenoxy) is 1. The third kappa shape index (κ3) is 5.28. The van der Waals surface area contributed by atoms with Gasteiger partial charge in [-0.25, -0.2) is 0 Å². The van der Waals surface area contributed by atoms with E-state index in [2.05, 4.69) is 46.3 Å². The summed E-state index contributed by atoms with van der Waals surface area (Å²) >= 11 is 0. The van der Waals surface area contributed by atoms with Crippen molar-refractivity contribution in [2.45, 2.75) is 37.9 Å². The van der Waals surface area contributed by atoms with Gasteiger partial charge < -0.3 is 15.8 Å². The number of nitrogens with one attached hydrogen (secondary N) is 1. The van der Waals surface area contributed by atoms with E-state index < -0.39 is 0 Å². The Morgan fingerprint density at radius 2 is 1.63 bits per heavy atom. The van der Waals surface area contributed by atoms with Crippen LogP contribution in [0.1, 0.15) is 46.8 Å². The van der Waals surface area contributed by atoms with Crippen LogP contribution in [0.3, 0.4) is 0 Å². The van der Waals surface area contributed by atoms with Crippen LogP contribution in [0.5, 0.6) is 0 Å². The van der Waals surface area contributed by atoms with E-state index in [-0.39, 0.29) is 17.5 Å². The van der Waals surface area contributed by atoms with E-state index in [0.29, 0.717) is 5.56 Å². The molecule has 30 heavy (non-hydrogen) atoms. The minimum atomic E-state index is -0.223. The fourth-order valence-corrected chi connectivity index (χ4v) is 3.56. The zero-order valence-electron chi connectivity index (χ0n) is 17.5. The number of benzene rings is 2. The summed E-state index contributed by atoms with van der Waals surface area (Å²) in [5.41, 5.74) is 9.71. The lowest BCUT2D eigenvalue weighted by Crippen LogP contribution is -2.47. The second-order valence-corrected chi connectivity index (χ2v) is 8.34. The maximum atomic E-state index is 12.4. The first-order valence-electron chi connectivity index (χ1n) is 10.6. The number of morpholine rings is 1. The molecule has 2 fully saturated rings. The van der Waals surface area contributed by atoms with Crippen molar-refractivity contribution >= 4 is 5.91 Å². The van der Waals surface area contributed by atoms with Crippen LogP contribution in [0.15, 0.2) is 48.5 Å². The number of nitrogens with two attached hydrogens (primary N) is 1. The molecule has 0 spiro atoms. The van der Waals surface area contributed by atoms with Crippen LogP contribution in [0, 0.1) is 11.8 Å². The van der Waals surface area contributed by atoms with E-state index in [1.54, 1.807) is 0 Å². The summed E-state index contributed by atoms with van der Waals surface area (Å²) in [6.07, 6.45) is 1.94. The minimum Gasteiger partial charge on any atom is -0.379 e. The molecule has 3 N–H and O–H groups in total. The van der Waals surface area contributed by atoms with Crippen LogP contribution in [0.25, 0.3) is 0 Å². The Hall–Kier alpha value is -2.65. The molecule has 1 saturated carbocycles. The van der Waals surface area contributed by atoms with E-state index >= 15 is 0 Å². The van der Waals surface area contributed by atoms with Crippen molar-refractivity contribution in [3.05, 3.63) is 70.8 Å². The molecule has 156 valence electrons. The molecule has 1 amide bonds. The van der Waals surface area contributed by atoms with E-state index in [1.165, 1.54) is 5.56 Å². The Morgan fingerprint density at radius 1 is 1.07 bits per heavy atom. The van der Waals surface area contributed by atoms with Crippen molar-refractivity contribution in [1.82, 2.24) is 10.2 Å². The Labute approximate surface area is 178 Å². The molecule has 1 aliphatic carbocycles. The van der Waals surface area contributed by atoms with Gasteiger partial charge in [-0.05, 0) is 61.7 Å². The lowest BCUT2D eigenvalue weighted by Gasteiger charge is -2.26. The molecular weight excluding hydrogens is 374 g/mol. The molecule has 1 atom stereocenters. The fourth-order valence-electron chi connectivity index (χ4n) is 3.56. The average Bonchev–Trinajstić information content (AvgIpc) is 3.53. The van der Waals surface area contributed by atoms with Crippen molar-refractivity contribution in [3.63, 3.8) is 0 Å². The summed E-state index contributed by atoms with van der Waals surface area (Å²) in [5.74, 6) is 6.29. The molecule has 4 rings (SSSR count). The summed E-state index contributed by atoms with van der Waals surface area (Å²) in [7, 11) is 0. The monoisotopic (exact) mass is 403 g/mol. The number of rotatable bonds is 5. The van der Waals surface area contributed by atoms with Crippen LogP contribution >= 0.6 is 0 Å². The zero-order chi connectivity index (χ0) is 21.0. The molecule has 1 aliphatic heterocycles. The summed E-state index contributed by atoms with van der Waals surface area (Å²) in [4.78, 5) is 14.8. The van der Waals surface area contributed by atoms with Gasteiger partial charge in [0.2, 0.25) is 0 Å². The molecule has 5 nitrogen and oxygen atoms in total. The van der Waals surface area contributed by atoms with Gasteiger partial charge in [0.1, 0.15) is 0 Å². The second kappa shape index (κ2) is 9.01. The van der Waals surface area contributed by atoms with E-state index in [1.807, 2.05) is 31.2 Å². The van der Waals surface area contributed by atoms with Crippen LogP contribution in [-0.2, 0) is 11.3 Å². The molecule has 1 heterocycles. The Morgan fingerprint density at radius 3 is 2.20 bits per heavy atom. The van der Waals surface area contributed by atoms with Gasteiger partial charge in [-0.1, -0.05) is 24.0 Å². The summed E-state index contributed by atoms with van der Waals surface area (Å²) in [6.45, 7) is 6.53. The van der Waals surface area contributed by atoms with Gasteiger partial charge in [-0.3, -0.25) is 9.69 Å². The van der Waals surface area contributed by atoms with Crippen molar-refractivity contribution in [2.24, 2.45) is 5.73 Å². The van der Waals surface area contributed by atoms with Crippen molar-refractivity contribution in [3.8, 4) is 11.8 Å². The van der Waals surface area contributed by atoms with Crippen molar-refractivity contribution < 1.29 is 9.53 Å². The molecule has 2 aromatic rings. The highest BCUT2D eigenvalue weighted by molar-refractivity contribution is 5.94. The summed E-state index contributed by atoms with van der Waals surface area (Å²) in [6, 6.07) is 15.8. The normalized spacial score (nSPS) is 18.7. The topological polar surface area (TPSA) is 67.6 Å². The van der Waals surface area contributed by atoms with E-state index in [9.17, 15) is 4.79 Å². The number of hydrogen-bond acceptors (Lipinski definition) is 4. The third-order valence-corrected chi connectivity index (χ3v) is 6.00. The molecule has 0 aromatic heterocycles. The first kappa shape index (κ1) is 20.6. The Balaban J connectivity index is 1.32. The van der Waals surface area contributed by atoms with Crippen LogP contribution < -0.4 is 11.1 Å². The van der Waals surface area contributed by atoms with Gasteiger partial charge in [0, 0.05) is 47.9 Å². The molecule has 1 saturated heterocycles. The van der Waals surface area contributed by atoms with Gasteiger partial charge in [0.25, 0.3) is 5.91 Å². The van der Waals surface area contributed by atoms with Crippen LogP contribution in [0.2, 0.25) is 0 Å². The van der Waals surface area contributed by atoms with Gasteiger partial charge in [0.05, 0.1) is 13.2 Å². The molecule has 5 heteroatoms. The third-order valence-electron chi connectivity index (χ3n) is 6.00. The van der Waals surface area contributed by atoms with E-state index in [0.717, 1.165) is 56.8 Å². The van der Waals surface area contributed by atoms with Crippen molar-refractivity contribution in [2.75, 3.05) is 26.3 Å². The molecule has 2 aromatic carbocycles. The predicted molar refractivity (Wildman–Crippen MR) is 118 cm³/mol. The number of carbonyl (C=O) groups excluding carboxylic acids is 1. The molecule has 0 bridgehead atoms. The highest BCUT2D eigenvalue weighted by Gasteiger charge is 2.44. The van der Waals surface area contributed by atoms with Gasteiger partial charge in [-0.2, -0.15) is 0 Å². The largest absolute Gasteiger partial charge is 0.379 e. The predicted octanol–water partition coefficient (Wildman–Crippen LogP) is 2.53. The molecule has 0 radical (unpaired) electrons. The molecule has 2 aliphatic rings. The average molecular weight is 404 g/mol. The van der Waals surface area contributed by atoms with Gasteiger partial charge >= 0.3 is 0 Å². The second-order valence-electron chi connectivity index (χ2n) is 8.34. The fraction of sp³-hybridized carbons (Fsp3) is 0.400. The lowest BCUT2D eigenvalue weighted by atomic mass is 10.1. The van der Waals surface area contributed by atoms with Crippen molar-refractivity contribution in [1.29, 1.82) is 0 Å². The standard InChI is InChI=1S/C25H29N3O2/c1-19(25(26)12-13-25)27-24(29)23-10-8-21(9-11-23)3-2-20-4-6-22(7-5-20)18-28-14-16-30-17-15-28/h4-11,19H,12-18,26H2,1H3,(H,27,29). The number of nitrogens with zero attached hydrogens (tertiary/aromatic N) is 1. The quantitative estimate of drug-likeness (QED) is 0.753. The number of carbonyl (C=O) groups is 1. The summed E-state index contributed by atoms with van der Waals surface area (Å²) in [5, 5.41) is 3.00. The summed E-state index contributed by atoms with van der Waals surface area (Å²) < 4.78 is 5.40. The van der Waals surface area contributed by atoms with E-state index in [4.69, 9.17) is 10.5 Å². The Kier molecular flexibility index (Phi) is 6.19. The first-order chi connectivity index (χ1) is 14.5. The molecular formula is C25H29N3O2. The van der Waals surface area contributed by atoms with Gasteiger partial charge in [-0.15, -0.1) is 0 Å². The minimum absolute atomic E-state index is 0.0179.